The van der Waals surface area contributed by atoms with Crippen LogP contribution in [0.1, 0.15) is 25.7 Å². The van der Waals surface area contributed by atoms with E-state index in [2.05, 4.69) is 14.2 Å². The summed E-state index contributed by atoms with van der Waals surface area (Å²) in [5, 5.41) is 8.88. The third-order valence-corrected chi connectivity index (χ3v) is 2.12. The number of hydrogen-bond donors (Lipinski definition) is 1. The fraction of sp³-hybridized carbons (Fsp3) is 0.800. The lowest BCUT2D eigenvalue weighted by molar-refractivity contribution is -0.152. The van der Waals surface area contributed by atoms with Crippen molar-refractivity contribution in [2.75, 3.05) is 19.8 Å². The molecule has 0 amide bonds. The van der Waals surface area contributed by atoms with Gasteiger partial charge in [0.25, 0.3) is 0 Å². The van der Waals surface area contributed by atoms with Gasteiger partial charge in [-0.05, 0) is 19.3 Å². The second-order valence-corrected chi connectivity index (χ2v) is 3.48. The van der Waals surface area contributed by atoms with E-state index in [4.69, 9.17) is 5.11 Å². The molecule has 0 aliphatic carbocycles. The van der Waals surface area contributed by atoms with Crippen molar-refractivity contribution in [3.8, 4) is 0 Å². The second-order valence-electron chi connectivity index (χ2n) is 3.48. The molecule has 6 heteroatoms. The largest absolute Gasteiger partial charge is 0.508 e. The number of carbonyl (C=O) groups excluding carboxylic acids is 2. The van der Waals surface area contributed by atoms with Crippen LogP contribution in [0, 0.1) is 0 Å². The van der Waals surface area contributed by atoms with E-state index in [1.807, 2.05) is 0 Å². The minimum absolute atomic E-state index is 0.465. The van der Waals surface area contributed by atoms with Gasteiger partial charge in [-0.25, -0.2) is 9.59 Å². The molecule has 0 radical (unpaired) electrons. The highest BCUT2D eigenvalue weighted by Crippen LogP contribution is 2.07. The normalized spacial score (nSPS) is 25.2. The van der Waals surface area contributed by atoms with Crippen LogP contribution in [0.15, 0.2) is 0 Å². The molecule has 0 aromatic carbocycles. The van der Waals surface area contributed by atoms with Gasteiger partial charge in [0.15, 0.2) is 6.10 Å². The van der Waals surface area contributed by atoms with Crippen LogP contribution < -0.4 is 0 Å². The smallest absolute Gasteiger partial charge is 0.464 e. The Labute approximate surface area is 93.5 Å². The summed E-state index contributed by atoms with van der Waals surface area (Å²) in [5.74, 6) is -0.465. The zero-order chi connectivity index (χ0) is 11.8. The summed E-state index contributed by atoms with van der Waals surface area (Å²) in [5.41, 5.74) is 0. The van der Waals surface area contributed by atoms with Crippen molar-refractivity contribution >= 4 is 12.1 Å². The first kappa shape index (κ1) is 12.8. The molecule has 1 atom stereocenters. The van der Waals surface area contributed by atoms with Gasteiger partial charge < -0.3 is 19.3 Å². The molecule has 2 aliphatic rings. The van der Waals surface area contributed by atoms with E-state index in [1.165, 1.54) is 0 Å². The first-order valence-electron chi connectivity index (χ1n) is 5.34. The van der Waals surface area contributed by atoms with E-state index < -0.39 is 18.2 Å². The topological polar surface area (TPSA) is 82.1 Å². The van der Waals surface area contributed by atoms with Crippen molar-refractivity contribution in [2.24, 2.45) is 0 Å². The molecule has 0 spiro atoms. The summed E-state index contributed by atoms with van der Waals surface area (Å²) in [6.07, 6.45) is 1.74. The van der Waals surface area contributed by atoms with Crippen LogP contribution in [0.3, 0.4) is 0 Å². The lowest BCUT2D eigenvalue weighted by Gasteiger charge is -2.09. The van der Waals surface area contributed by atoms with E-state index in [0.717, 1.165) is 19.3 Å². The van der Waals surface area contributed by atoms with Gasteiger partial charge in [0, 0.05) is 6.42 Å². The SMILES string of the molecule is O=C1OCCCCC1O.O=C1OCCCO1. The number of aliphatic hydroxyl groups excluding tert-OH is 1. The zero-order valence-electron chi connectivity index (χ0n) is 9.02. The summed E-state index contributed by atoms with van der Waals surface area (Å²) >= 11 is 0. The van der Waals surface area contributed by atoms with Crippen LogP contribution in [0.4, 0.5) is 4.79 Å². The molecule has 16 heavy (non-hydrogen) atoms. The van der Waals surface area contributed by atoms with Crippen molar-refractivity contribution in [1.82, 2.24) is 0 Å². The van der Waals surface area contributed by atoms with Gasteiger partial charge >= 0.3 is 12.1 Å². The first-order valence-corrected chi connectivity index (χ1v) is 5.34. The minimum atomic E-state index is -0.868. The third kappa shape index (κ3) is 4.97. The quantitative estimate of drug-likeness (QED) is 0.616. The van der Waals surface area contributed by atoms with Crippen LogP contribution >= 0.6 is 0 Å². The molecule has 1 unspecified atom stereocenters. The fourth-order valence-corrected chi connectivity index (χ4v) is 1.24. The molecule has 2 heterocycles. The van der Waals surface area contributed by atoms with Crippen molar-refractivity contribution < 1.29 is 28.9 Å². The number of hydrogen-bond acceptors (Lipinski definition) is 6. The van der Waals surface area contributed by atoms with Gasteiger partial charge in [0.1, 0.15) is 0 Å². The van der Waals surface area contributed by atoms with Crippen molar-refractivity contribution in [3.63, 3.8) is 0 Å². The summed E-state index contributed by atoms with van der Waals surface area (Å²) in [7, 11) is 0. The van der Waals surface area contributed by atoms with E-state index in [9.17, 15) is 9.59 Å². The second kappa shape index (κ2) is 7.05. The Bertz CT molecular complexity index is 231. The molecule has 2 aliphatic heterocycles. The highest BCUT2D eigenvalue weighted by Gasteiger charge is 2.18. The summed E-state index contributed by atoms with van der Waals surface area (Å²) in [4.78, 5) is 20.6. The van der Waals surface area contributed by atoms with Gasteiger partial charge in [-0.15, -0.1) is 0 Å². The van der Waals surface area contributed by atoms with Crippen LogP contribution in [-0.2, 0) is 19.0 Å². The van der Waals surface area contributed by atoms with E-state index in [-0.39, 0.29) is 0 Å². The molecule has 0 aromatic rings. The van der Waals surface area contributed by atoms with Crippen LogP contribution in [0.25, 0.3) is 0 Å². The highest BCUT2D eigenvalue weighted by atomic mass is 16.7. The molecular formula is C10H16O6. The number of esters is 1. The number of rotatable bonds is 0. The predicted octanol–water partition coefficient (Wildman–Crippen LogP) is 0.618. The summed E-state index contributed by atoms with van der Waals surface area (Å²) in [6.45, 7) is 1.49. The van der Waals surface area contributed by atoms with Gasteiger partial charge in [-0.1, -0.05) is 0 Å². The molecule has 2 rings (SSSR count). The fourth-order valence-electron chi connectivity index (χ4n) is 1.24. The minimum Gasteiger partial charge on any atom is -0.464 e. The van der Waals surface area contributed by atoms with Crippen molar-refractivity contribution in [3.05, 3.63) is 0 Å². The van der Waals surface area contributed by atoms with Gasteiger partial charge in [-0.2, -0.15) is 0 Å². The molecule has 92 valence electrons. The monoisotopic (exact) mass is 232 g/mol. The third-order valence-electron chi connectivity index (χ3n) is 2.12. The Morgan fingerprint density at radius 1 is 0.938 bits per heavy atom. The van der Waals surface area contributed by atoms with E-state index in [1.54, 1.807) is 0 Å². The number of ether oxygens (including phenoxy) is 3. The molecule has 0 bridgehead atoms. The van der Waals surface area contributed by atoms with E-state index >= 15 is 0 Å². The number of carbonyl (C=O) groups is 2. The molecule has 0 aromatic heterocycles. The Morgan fingerprint density at radius 2 is 1.56 bits per heavy atom. The molecule has 1 N–H and O–H groups in total. The Morgan fingerprint density at radius 3 is 2.12 bits per heavy atom. The van der Waals surface area contributed by atoms with Gasteiger partial charge in [0.2, 0.25) is 0 Å². The average molecular weight is 232 g/mol. The summed E-state index contributed by atoms with van der Waals surface area (Å²) < 4.78 is 13.5. The van der Waals surface area contributed by atoms with Crippen LogP contribution in [0.5, 0.6) is 0 Å². The highest BCUT2D eigenvalue weighted by molar-refractivity contribution is 5.74. The zero-order valence-corrected chi connectivity index (χ0v) is 9.02. The first-order chi connectivity index (χ1) is 7.70. The maximum Gasteiger partial charge on any atom is 0.508 e. The Balaban J connectivity index is 0.000000165. The van der Waals surface area contributed by atoms with Crippen molar-refractivity contribution in [1.29, 1.82) is 0 Å². The van der Waals surface area contributed by atoms with Crippen LogP contribution in [0.2, 0.25) is 0 Å². The molecule has 2 fully saturated rings. The predicted molar refractivity (Wildman–Crippen MR) is 52.7 cm³/mol. The molecule has 6 nitrogen and oxygen atoms in total. The summed E-state index contributed by atoms with van der Waals surface area (Å²) in [6, 6.07) is 0. The lowest BCUT2D eigenvalue weighted by atomic mass is 10.2. The number of aliphatic hydroxyl groups is 1. The van der Waals surface area contributed by atoms with Crippen molar-refractivity contribution in [2.45, 2.75) is 31.8 Å². The Kier molecular flexibility index (Phi) is 5.63. The molecule has 2 saturated heterocycles. The standard InChI is InChI=1S/C6H10O3.C4H6O3/c7-5-3-1-2-4-9-6(5)8;5-4-6-2-1-3-7-4/h5,7H,1-4H2;1-3H2. The van der Waals surface area contributed by atoms with Crippen LogP contribution in [-0.4, -0.2) is 43.2 Å². The lowest BCUT2D eigenvalue weighted by Crippen LogP contribution is -2.20. The average Bonchev–Trinajstić information content (AvgIpc) is 2.47. The Hall–Kier alpha value is -1.30. The number of cyclic esters (lactones) is 3. The maximum absolute atomic E-state index is 10.5. The molecular weight excluding hydrogens is 216 g/mol. The van der Waals surface area contributed by atoms with Gasteiger partial charge in [0.05, 0.1) is 19.8 Å². The van der Waals surface area contributed by atoms with Gasteiger partial charge in [-0.3, -0.25) is 0 Å². The molecule has 0 saturated carbocycles. The van der Waals surface area contributed by atoms with E-state index in [0.29, 0.717) is 26.2 Å². The maximum atomic E-state index is 10.5.